The molecule has 2 heterocycles. The molecule has 2 aromatic rings. The summed E-state index contributed by atoms with van der Waals surface area (Å²) in [5.41, 5.74) is 5.72. The summed E-state index contributed by atoms with van der Waals surface area (Å²) in [6.07, 6.45) is 1.03. The minimum atomic E-state index is 0.341. The molecule has 24 heavy (non-hydrogen) atoms. The van der Waals surface area contributed by atoms with E-state index in [1.807, 2.05) is 12.1 Å². The monoisotopic (exact) mass is 323 g/mol. The van der Waals surface area contributed by atoms with Crippen molar-refractivity contribution < 1.29 is 5.11 Å². The maximum absolute atomic E-state index is 9.39. The number of rotatable bonds is 4. The smallest absolute Gasteiger partial charge is 0.115 e. The van der Waals surface area contributed by atoms with Gasteiger partial charge < -0.3 is 15.3 Å². The summed E-state index contributed by atoms with van der Waals surface area (Å²) in [7, 11) is 0. The van der Waals surface area contributed by atoms with Gasteiger partial charge in [0.15, 0.2) is 0 Å². The van der Waals surface area contributed by atoms with Gasteiger partial charge in [0.2, 0.25) is 0 Å². The quantitative estimate of drug-likeness (QED) is 0.906. The minimum absolute atomic E-state index is 0.341. The van der Waals surface area contributed by atoms with Gasteiger partial charge in [-0.15, -0.1) is 0 Å². The van der Waals surface area contributed by atoms with Gasteiger partial charge in [0.05, 0.1) is 0 Å². The Hall–Kier alpha value is -2.04. The van der Waals surface area contributed by atoms with Gasteiger partial charge in [-0.2, -0.15) is 0 Å². The largest absolute Gasteiger partial charge is 0.508 e. The highest BCUT2D eigenvalue weighted by molar-refractivity contribution is 5.58. The second-order valence-electron chi connectivity index (χ2n) is 6.78. The highest BCUT2D eigenvalue weighted by Gasteiger charge is 2.24. The van der Waals surface area contributed by atoms with Crippen molar-refractivity contribution in [2.45, 2.75) is 19.5 Å². The number of piperazine rings is 1. The molecule has 4 heteroatoms. The van der Waals surface area contributed by atoms with Crippen molar-refractivity contribution in [3.63, 3.8) is 0 Å². The van der Waals surface area contributed by atoms with E-state index in [0.29, 0.717) is 5.75 Å². The van der Waals surface area contributed by atoms with E-state index in [1.54, 1.807) is 12.1 Å². The number of benzene rings is 2. The third-order valence-corrected chi connectivity index (χ3v) is 5.13. The van der Waals surface area contributed by atoms with E-state index in [2.05, 4.69) is 33.3 Å². The van der Waals surface area contributed by atoms with Crippen LogP contribution in [0.4, 0.5) is 5.69 Å². The number of phenolic OH excluding ortho intramolecular Hbond substituents is 1. The summed E-state index contributed by atoms with van der Waals surface area (Å²) in [5.74, 6) is 0.341. The van der Waals surface area contributed by atoms with Crippen molar-refractivity contribution in [3.8, 4) is 5.75 Å². The Morgan fingerprint density at radius 1 is 0.958 bits per heavy atom. The number of hydrogen-bond acceptors (Lipinski definition) is 4. The molecule has 2 aliphatic rings. The predicted octanol–water partition coefficient (Wildman–Crippen LogP) is 2.36. The van der Waals surface area contributed by atoms with Gasteiger partial charge in [-0.1, -0.05) is 24.3 Å². The summed E-state index contributed by atoms with van der Waals surface area (Å²) in [5, 5.41) is 12.8. The molecule has 0 radical (unpaired) electrons. The summed E-state index contributed by atoms with van der Waals surface area (Å²) in [4.78, 5) is 5.06. The van der Waals surface area contributed by atoms with Gasteiger partial charge in [-0.25, -0.2) is 0 Å². The Bertz CT molecular complexity index is 693. The van der Waals surface area contributed by atoms with E-state index in [-0.39, 0.29) is 0 Å². The number of nitrogens with zero attached hydrogens (tertiary/aromatic N) is 2. The van der Waals surface area contributed by atoms with Gasteiger partial charge in [0, 0.05) is 51.5 Å². The molecule has 0 saturated carbocycles. The molecule has 0 aromatic heterocycles. The molecule has 2 N–H and O–H groups in total. The maximum atomic E-state index is 9.39. The van der Waals surface area contributed by atoms with Crippen molar-refractivity contribution in [1.29, 1.82) is 0 Å². The average Bonchev–Trinajstić information content (AvgIpc) is 3.05. The molecular formula is C20H25N3O. The first-order chi connectivity index (χ1) is 11.8. The summed E-state index contributed by atoms with van der Waals surface area (Å²) in [6, 6.07) is 14.4. The van der Waals surface area contributed by atoms with E-state index in [4.69, 9.17) is 0 Å². The van der Waals surface area contributed by atoms with Crippen molar-refractivity contribution in [1.82, 2.24) is 10.2 Å². The molecule has 1 fully saturated rings. The van der Waals surface area contributed by atoms with Crippen molar-refractivity contribution in [2.75, 3.05) is 37.6 Å². The molecule has 0 spiro atoms. The van der Waals surface area contributed by atoms with E-state index < -0.39 is 0 Å². The highest BCUT2D eigenvalue weighted by atomic mass is 16.3. The zero-order valence-corrected chi connectivity index (χ0v) is 14.0. The second-order valence-corrected chi connectivity index (χ2v) is 6.78. The third-order valence-electron chi connectivity index (χ3n) is 5.13. The lowest BCUT2D eigenvalue weighted by atomic mass is 10.1. The SMILES string of the molecule is Oc1ccc(CCN2Cc3cccc(N4CCNCC4)c3C2)cc1. The first-order valence-electron chi connectivity index (χ1n) is 8.86. The van der Waals surface area contributed by atoms with Crippen molar-refractivity contribution in [2.24, 2.45) is 0 Å². The zero-order valence-electron chi connectivity index (χ0n) is 14.0. The van der Waals surface area contributed by atoms with Gasteiger partial charge in [0.25, 0.3) is 0 Å². The molecule has 0 bridgehead atoms. The van der Waals surface area contributed by atoms with Crippen LogP contribution in [-0.2, 0) is 19.5 Å². The molecule has 2 aliphatic heterocycles. The van der Waals surface area contributed by atoms with Gasteiger partial charge in [0.1, 0.15) is 5.75 Å². The average molecular weight is 323 g/mol. The Labute approximate surface area is 143 Å². The Morgan fingerprint density at radius 3 is 2.54 bits per heavy atom. The van der Waals surface area contributed by atoms with Crippen molar-refractivity contribution in [3.05, 3.63) is 59.2 Å². The Morgan fingerprint density at radius 2 is 1.75 bits per heavy atom. The van der Waals surface area contributed by atoms with E-state index >= 15 is 0 Å². The molecule has 126 valence electrons. The molecule has 4 rings (SSSR count). The lowest BCUT2D eigenvalue weighted by Crippen LogP contribution is -2.43. The fourth-order valence-electron chi connectivity index (χ4n) is 3.78. The molecule has 2 aromatic carbocycles. The third kappa shape index (κ3) is 3.25. The van der Waals surface area contributed by atoms with Gasteiger partial charge in [-0.05, 0) is 41.3 Å². The number of nitrogens with one attached hydrogen (secondary N) is 1. The molecule has 0 atom stereocenters. The first kappa shape index (κ1) is 15.5. The van der Waals surface area contributed by atoms with Crippen LogP contribution in [0, 0.1) is 0 Å². The highest BCUT2D eigenvalue weighted by Crippen LogP contribution is 2.32. The lowest BCUT2D eigenvalue weighted by molar-refractivity contribution is 0.288. The maximum Gasteiger partial charge on any atom is 0.115 e. The summed E-state index contributed by atoms with van der Waals surface area (Å²) in [6.45, 7) is 7.51. The summed E-state index contributed by atoms with van der Waals surface area (Å²) >= 11 is 0. The first-order valence-corrected chi connectivity index (χ1v) is 8.86. The zero-order chi connectivity index (χ0) is 16.4. The lowest BCUT2D eigenvalue weighted by Gasteiger charge is -2.31. The van der Waals surface area contributed by atoms with Crippen LogP contribution in [0.25, 0.3) is 0 Å². The molecular weight excluding hydrogens is 298 g/mol. The van der Waals surface area contributed by atoms with E-state index in [1.165, 1.54) is 22.4 Å². The second kappa shape index (κ2) is 6.83. The molecule has 0 aliphatic carbocycles. The Balaban J connectivity index is 1.42. The van der Waals surface area contributed by atoms with Crippen LogP contribution in [0.5, 0.6) is 5.75 Å². The fourth-order valence-corrected chi connectivity index (χ4v) is 3.78. The van der Waals surface area contributed by atoms with E-state index in [9.17, 15) is 5.11 Å². The summed E-state index contributed by atoms with van der Waals surface area (Å²) < 4.78 is 0. The van der Waals surface area contributed by atoms with Crippen LogP contribution in [0.3, 0.4) is 0 Å². The molecule has 0 amide bonds. The standard InChI is InChI=1S/C20H25N3O/c24-18-6-4-16(5-7-18)8-11-22-14-17-2-1-3-20(19(17)15-22)23-12-9-21-10-13-23/h1-7,21,24H,8-15H2. The minimum Gasteiger partial charge on any atom is -0.508 e. The van der Waals surface area contributed by atoms with Gasteiger partial charge in [-0.3, -0.25) is 4.90 Å². The molecule has 0 unspecified atom stereocenters. The molecule has 1 saturated heterocycles. The van der Waals surface area contributed by atoms with Crippen LogP contribution in [0.15, 0.2) is 42.5 Å². The van der Waals surface area contributed by atoms with Gasteiger partial charge >= 0.3 is 0 Å². The van der Waals surface area contributed by atoms with Crippen LogP contribution < -0.4 is 10.2 Å². The predicted molar refractivity (Wildman–Crippen MR) is 97.4 cm³/mol. The van der Waals surface area contributed by atoms with E-state index in [0.717, 1.165) is 52.2 Å². The molecule has 4 nitrogen and oxygen atoms in total. The normalized spacial score (nSPS) is 17.9. The van der Waals surface area contributed by atoms with Crippen molar-refractivity contribution >= 4 is 5.69 Å². The van der Waals surface area contributed by atoms with Crippen LogP contribution >= 0.6 is 0 Å². The number of phenols is 1. The topological polar surface area (TPSA) is 38.7 Å². The number of aromatic hydroxyl groups is 1. The number of anilines is 1. The fraction of sp³-hybridized carbons (Fsp3) is 0.400. The number of hydrogen-bond donors (Lipinski definition) is 2. The van der Waals surface area contributed by atoms with Crippen LogP contribution in [-0.4, -0.2) is 42.7 Å². The van der Waals surface area contributed by atoms with Crippen LogP contribution in [0.2, 0.25) is 0 Å². The van der Waals surface area contributed by atoms with Crippen LogP contribution in [0.1, 0.15) is 16.7 Å². The number of fused-ring (bicyclic) bond motifs is 1. The Kier molecular flexibility index (Phi) is 4.41.